The topological polar surface area (TPSA) is 109 Å². The number of nitrogens with zero attached hydrogens (tertiary/aromatic N) is 4. The summed E-state index contributed by atoms with van der Waals surface area (Å²) in [5, 5.41) is 7.71. The number of aromatic nitrogens is 3. The number of nitrogens with one attached hydrogen (secondary N) is 2. The molecule has 4 rings (SSSR count). The Balaban J connectivity index is 1.48. The quantitative estimate of drug-likeness (QED) is 0.583. The van der Waals surface area contributed by atoms with Gasteiger partial charge in [-0.3, -0.25) is 9.78 Å². The number of pyridine rings is 1. The molecule has 0 saturated carbocycles. The molecule has 1 saturated heterocycles. The number of carbonyl (C=O) groups is 2. The lowest BCUT2D eigenvalue weighted by molar-refractivity contribution is 0.0526. The van der Waals surface area contributed by atoms with Gasteiger partial charge < -0.3 is 20.3 Å². The molecule has 2 N–H and O–H groups in total. The maximum Gasteiger partial charge on any atom is 0.407 e. The Morgan fingerprint density at radius 1 is 1.25 bits per heavy atom. The summed E-state index contributed by atoms with van der Waals surface area (Å²) in [6.45, 7) is 6.12. The first-order chi connectivity index (χ1) is 15.3. The van der Waals surface area contributed by atoms with Gasteiger partial charge in [-0.25, -0.2) is 19.2 Å². The molecule has 1 fully saturated rings. The second-order valence-electron chi connectivity index (χ2n) is 7.84. The lowest BCUT2D eigenvalue weighted by Gasteiger charge is -2.39. The molecule has 11 heteroatoms. The van der Waals surface area contributed by atoms with Crippen LogP contribution in [0.5, 0.6) is 0 Å². The van der Waals surface area contributed by atoms with E-state index < -0.39 is 11.9 Å². The number of anilines is 1. The van der Waals surface area contributed by atoms with Gasteiger partial charge in [0.15, 0.2) is 5.69 Å². The highest BCUT2D eigenvalue weighted by Gasteiger charge is 2.34. The minimum Gasteiger partial charge on any atom is -0.447 e. The monoisotopic (exact) mass is 458 g/mol. The number of hydrogen-bond acceptors (Lipinski definition) is 8. The van der Waals surface area contributed by atoms with Crippen LogP contribution in [0, 0.1) is 5.82 Å². The van der Waals surface area contributed by atoms with Crippen molar-refractivity contribution in [2.75, 3.05) is 18.4 Å². The first-order valence-electron chi connectivity index (χ1n) is 10.2. The van der Waals surface area contributed by atoms with Crippen molar-refractivity contribution in [2.24, 2.45) is 0 Å². The number of ether oxygens (including phenoxy) is 1. The molecule has 1 atom stereocenters. The fourth-order valence-electron chi connectivity index (χ4n) is 3.32. The Morgan fingerprint density at radius 2 is 2.03 bits per heavy atom. The summed E-state index contributed by atoms with van der Waals surface area (Å²) in [5.74, 6) is -0.399. The average Bonchev–Trinajstić information content (AvgIpc) is 3.17. The standard InChI is InChI=1S/C21H23FN6O3S/c1-11(2)31-21(30)25-15-9-28(10-15)19(29)17-18-16(4-5-32-18)26-20(27-17)24-12(3)13-6-14(22)8-23-7-13/h4-8,11-12,15H,9-10H2,1-3H3,(H,25,30)(H,24,26,27)/t12-/m0/s1. The van der Waals surface area contributed by atoms with Gasteiger partial charge in [-0.05, 0) is 43.8 Å². The smallest absolute Gasteiger partial charge is 0.407 e. The summed E-state index contributed by atoms with van der Waals surface area (Å²) in [6.07, 6.45) is 2.00. The fourth-order valence-corrected chi connectivity index (χ4v) is 4.13. The van der Waals surface area contributed by atoms with Crippen LogP contribution in [0.15, 0.2) is 29.9 Å². The van der Waals surface area contributed by atoms with Gasteiger partial charge in [0, 0.05) is 19.3 Å². The van der Waals surface area contributed by atoms with E-state index in [0.29, 0.717) is 34.6 Å². The van der Waals surface area contributed by atoms with Crippen molar-refractivity contribution in [3.8, 4) is 0 Å². The Bertz CT molecular complexity index is 1150. The summed E-state index contributed by atoms with van der Waals surface area (Å²) >= 11 is 1.39. The number of hydrogen-bond donors (Lipinski definition) is 2. The first-order valence-corrected chi connectivity index (χ1v) is 11.1. The summed E-state index contributed by atoms with van der Waals surface area (Å²) in [6, 6.07) is 2.73. The number of carbonyl (C=O) groups excluding carboxylic acids is 2. The van der Waals surface area contributed by atoms with Crippen molar-refractivity contribution >= 4 is 39.5 Å². The number of amides is 2. The van der Waals surface area contributed by atoms with Gasteiger partial charge in [-0.15, -0.1) is 11.3 Å². The highest BCUT2D eigenvalue weighted by atomic mass is 32.1. The average molecular weight is 459 g/mol. The lowest BCUT2D eigenvalue weighted by atomic mass is 10.1. The SMILES string of the molecule is CC(C)OC(=O)NC1CN(C(=O)c2nc(N[C@@H](C)c3cncc(F)c3)nc3ccsc23)C1. The summed E-state index contributed by atoms with van der Waals surface area (Å²) in [5.41, 5.74) is 1.58. The molecular weight excluding hydrogens is 435 g/mol. The third-order valence-corrected chi connectivity index (χ3v) is 5.82. The summed E-state index contributed by atoms with van der Waals surface area (Å²) in [4.78, 5) is 39.3. The van der Waals surface area contributed by atoms with E-state index in [4.69, 9.17) is 4.74 Å². The number of likely N-dealkylation sites (tertiary alicyclic amines) is 1. The molecule has 1 aliphatic heterocycles. The zero-order chi connectivity index (χ0) is 22.8. The zero-order valence-corrected chi connectivity index (χ0v) is 18.6. The number of alkyl carbamates (subject to hydrolysis) is 1. The van der Waals surface area contributed by atoms with E-state index >= 15 is 0 Å². The predicted molar refractivity (Wildman–Crippen MR) is 118 cm³/mol. The molecule has 0 aromatic carbocycles. The van der Waals surface area contributed by atoms with Crippen molar-refractivity contribution in [1.82, 2.24) is 25.2 Å². The van der Waals surface area contributed by atoms with E-state index in [1.807, 2.05) is 18.4 Å². The minimum absolute atomic E-state index is 0.163. The molecule has 3 aromatic rings. The van der Waals surface area contributed by atoms with Crippen molar-refractivity contribution in [1.29, 1.82) is 0 Å². The molecule has 0 radical (unpaired) electrons. The molecule has 168 valence electrons. The third kappa shape index (κ3) is 4.77. The number of halogens is 1. The van der Waals surface area contributed by atoms with Crippen LogP contribution in [0.4, 0.5) is 15.1 Å². The first kappa shape index (κ1) is 21.9. The highest BCUT2D eigenvalue weighted by Crippen LogP contribution is 2.27. The molecule has 2 amide bonds. The van der Waals surface area contributed by atoms with E-state index in [0.717, 1.165) is 6.20 Å². The molecule has 0 unspecified atom stereocenters. The van der Waals surface area contributed by atoms with E-state index in [1.165, 1.54) is 17.4 Å². The van der Waals surface area contributed by atoms with Gasteiger partial charge in [0.05, 0.1) is 34.6 Å². The van der Waals surface area contributed by atoms with E-state index in [9.17, 15) is 14.0 Å². The molecule has 9 nitrogen and oxygen atoms in total. The van der Waals surface area contributed by atoms with Gasteiger partial charge in [0.25, 0.3) is 5.91 Å². The van der Waals surface area contributed by atoms with Crippen molar-refractivity contribution in [3.05, 3.63) is 47.0 Å². The normalized spacial score (nSPS) is 14.8. The Kier molecular flexibility index (Phi) is 6.17. The molecule has 4 heterocycles. The largest absolute Gasteiger partial charge is 0.447 e. The Hall–Kier alpha value is -3.34. The van der Waals surface area contributed by atoms with Crippen LogP contribution in [-0.4, -0.2) is 57.1 Å². The minimum atomic E-state index is -0.493. The number of thiophene rings is 1. The third-order valence-electron chi connectivity index (χ3n) is 4.91. The van der Waals surface area contributed by atoms with E-state index in [-0.39, 0.29) is 30.0 Å². The fraction of sp³-hybridized carbons (Fsp3) is 0.381. The molecular formula is C21H23FN6O3S. The number of rotatable bonds is 6. The Morgan fingerprint density at radius 3 is 2.75 bits per heavy atom. The highest BCUT2D eigenvalue weighted by molar-refractivity contribution is 7.17. The Labute approximate surface area is 188 Å². The lowest BCUT2D eigenvalue weighted by Crippen LogP contribution is -2.61. The number of fused-ring (bicyclic) bond motifs is 1. The van der Waals surface area contributed by atoms with Crippen molar-refractivity contribution in [2.45, 2.75) is 39.0 Å². The van der Waals surface area contributed by atoms with Crippen LogP contribution in [-0.2, 0) is 4.74 Å². The van der Waals surface area contributed by atoms with Gasteiger partial charge >= 0.3 is 6.09 Å². The second-order valence-corrected chi connectivity index (χ2v) is 8.75. The maximum absolute atomic E-state index is 13.5. The maximum atomic E-state index is 13.5. The van der Waals surface area contributed by atoms with Crippen LogP contribution in [0.25, 0.3) is 10.2 Å². The van der Waals surface area contributed by atoms with Crippen LogP contribution < -0.4 is 10.6 Å². The molecule has 3 aromatic heterocycles. The van der Waals surface area contributed by atoms with Crippen LogP contribution >= 0.6 is 11.3 Å². The van der Waals surface area contributed by atoms with Crippen LogP contribution in [0.1, 0.15) is 42.9 Å². The van der Waals surface area contributed by atoms with E-state index in [1.54, 1.807) is 24.9 Å². The molecule has 0 bridgehead atoms. The zero-order valence-electron chi connectivity index (χ0n) is 17.8. The summed E-state index contributed by atoms with van der Waals surface area (Å²) in [7, 11) is 0. The van der Waals surface area contributed by atoms with Crippen molar-refractivity contribution in [3.63, 3.8) is 0 Å². The van der Waals surface area contributed by atoms with Crippen molar-refractivity contribution < 1.29 is 18.7 Å². The van der Waals surface area contributed by atoms with Gasteiger partial charge in [0.2, 0.25) is 5.95 Å². The second kappa shape index (κ2) is 9.03. The van der Waals surface area contributed by atoms with E-state index in [2.05, 4.69) is 25.6 Å². The molecule has 0 spiro atoms. The van der Waals surface area contributed by atoms with Crippen LogP contribution in [0.3, 0.4) is 0 Å². The van der Waals surface area contributed by atoms with Crippen LogP contribution in [0.2, 0.25) is 0 Å². The van der Waals surface area contributed by atoms with Gasteiger partial charge in [-0.2, -0.15) is 0 Å². The van der Waals surface area contributed by atoms with Gasteiger partial charge in [-0.1, -0.05) is 0 Å². The molecule has 0 aliphatic carbocycles. The van der Waals surface area contributed by atoms with Gasteiger partial charge in [0.1, 0.15) is 5.82 Å². The molecule has 32 heavy (non-hydrogen) atoms. The summed E-state index contributed by atoms with van der Waals surface area (Å²) < 4.78 is 19.3. The molecule has 1 aliphatic rings. The predicted octanol–water partition coefficient (Wildman–Crippen LogP) is 3.36.